The number of carbonyl (C=O) groups excluding carboxylic acids is 2. The summed E-state index contributed by atoms with van der Waals surface area (Å²) in [6.45, 7) is 5.24. The fourth-order valence-electron chi connectivity index (χ4n) is 2.27. The van der Waals surface area contributed by atoms with Crippen LogP contribution in [-0.2, 0) is 4.79 Å². The van der Waals surface area contributed by atoms with Crippen molar-refractivity contribution in [3.05, 3.63) is 64.2 Å². The Bertz CT molecular complexity index is 833. The second kappa shape index (κ2) is 8.79. The number of rotatable bonds is 7. The van der Waals surface area contributed by atoms with Gasteiger partial charge in [0.05, 0.1) is 16.2 Å². The zero-order valence-corrected chi connectivity index (χ0v) is 15.3. The number of para-hydroxylation sites is 1. The predicted octanol–water partition coefficient (Wildman–Crippen LogP) is 3.14. The van der Waals surface area contributed by atoms with Crippen molar-refractivity contribution >= 4 is 23.2 Å². The first-order chi connectivity index (χ1) is 12.8. The minimum Gasteiger partial charge on any atom is -0.481 e. The highest BCUT2D eigenvalue weighted by Gasteiger charge is 2.19. The molecular weight excluding hydrogens is 350 g/mol. The van der Waals surface area contributed by atoms with Crippen molar-refractivity contribution in [2.75, 3.05) is 5.32 Å². The van der Waals surface area contributed by atoms with Gasteiger partial charge in [-0.1, -0.05) is 12.1 Å². The molecule has 0 bridgehead atoms. The summed E-state index contributed by atoms with van der Waals surface area (Å²) in [5.74, 6) is -0.405. The third-order valence-corrected chi connectivity index (χ3v) is 3.58. The zero-order chi connectivity index (χ0) is 20.0. The van der Waals surface area contributed by atoms with Gasteiger partial charge in [0.15, 0.2) is 6.10 Å². The summed E-state index contributed by atoms with van der Waals surface area (Å²) >= 11 is 0. The second-order valence-corrected chi connectivity index (χ2v) is 6.17. The number of nitrogens with one attached hydrogen (secondary N) is 2. The molecule has 0 unspecified atom stereocenters. The Kier molecular flexibility index (Phi) is 6.48. The number of hydrogen-bond acceptors (Lipinski definition) is 5. The van der Waals surface area contributed by atoms with Crippen LogP contribution in [0.4, 0.5) is 11.4 Å². The first-order valence-corrected chi connectivity index (χ1v) is 8.39. The van der Waals surface area contributed by atoms with Gasteiger partial charge < -0.3 is 15.4 Å². The zero-order valence-electron chi connectivity index (χ0n) is 15.3. The normalized spacial score (nSPS) is 11.6. The van der Waals surface area contributed by atoms with Gasteiger partial charge in [0.2, 0.25) is 0 Å². The van der Waals surface area contributed by atoms with E-state index in [2.05, 4.69) is 10.6 Å². The SMILES string of the molecule is CC(C)NC(=O)c1ccccc1NC(=O)[C@@H](C)Oc1ccc([N+](=O)[O-])cc1. The van der Waals surface area contributed by atoms with Crippen LogP contribution in [0.25, 0.3) is 0 Å². The van der Waals surface area contributed by atoms with Crippen molar-refractivity contribution in [3.8, 4) is 5.75 Å². The van der Waals surface area contributed by atoms with E-state index < -0.39 is 16.9 Å². The van der Waals surface area contributed by atoms with Gasteiger partial charge in [0.1, 0.15) is 5.75 Å². The van der Waals surface area contributed by atoms with E-state index in [0.717, 1.165) is 0 Å². The molecule has 0 aliphatic heterocycles. The molecule has 0 saturated carbocycles. The average molecular weight is 371 g/mol. The van der Waals surface area contributed by atoms with Crippen LogP contribution in [0.2, 0.25) is 0 Å². The Morgan fingerprint density at radius 1 is 1.04 bits per heavy atom. The summed E-state index contributed by atoms with van der Waals surface area (Å²) in [6.07, 6.45) is -0.868. The van der Waals surface area contributed by atoms with Crippen molar-refractivity contribution in [2.45, 2.75) is 32.9 Å². The van der Waals surface area contributed by atoms with Gasteiger partial charge in [-0.2, -0.15) is 0 Å². The van der Waals surface area contributed by atoms with E-state index >= 15 is 0 Å². The van der Waals surface area contributed by atoms with Crippen molar-refractivity contribution in [1.82, 2.24) is 5.32 Å². The molecule has 2 aromatic rings. The molecule has 0 saturated heterocycles. The highest BCUT2D eigenvalue weighted by molar-refractivity contribution is 6.04. The Labute approximate surface area is 156 Å². The van der Waals surface area contributed by atoms with Crippen molar-refractivity contribution < 1.29 is 19.2 Å². The molecule has 2 N–H and O–H groups in total. The molecule has 8 nitrogen and oxygen atoms in total. The lowest BCUT2D eigenvalue weighted by Gasteiger charge is -2.17. The average Bonchev–Trinajstić information content (AvgIpc) is 2.61. The van der Waals surface area contributed by atoms with E-state index in [0.29, 0.717) is 17.0 Å². The van der Waals surface area contributed by atoms with Crippen LogP contribution in [0, 0.1) is 10.1 Å². The van der Waals surface area contributed by atoms with Crippen LogP contribution < -0.4 is 15.4 Å². The third-order valence-electron chi connectivity index (χ3n) is 3.58. The highest BCUT2D eigenvalue weighted by atomic mass is 16.6. The van der Waals surface area contributed by atoms with Gasteiger partial charge >= 0.3 is 0 Å². The summed E-state index contributed by atoms with van der Waals surface area (Å²) in [4.78, 5) is 34.8. The molecule has 8 heteroatoms. The Morgan fingerprint density at radius 2 is 1.67 bits per heavy atom. The number of nitro benzene ring substituents is 1. The molecule has 0 fully saturated rings. The van der Waals surface area contributed by atoms with E-state index in [1.807, 2.05) is 13.8 Å². The number of nitro groups is 1. The van der Waals surface area contributed by atoms with Gasteiger partial charge in [-0.15, -0.1) is 0 Å². The van der Waals surface area contributed by atoms with Crippen LogP contribution >= 0.6 is 0 Å². The molecule has 142 valence electrons. The van der Waals surface area contributed by atoms with E-state index in [-0.39, 0.29) is 17.6 Å². The topological polar surface area (TPSA) is 111 Å². The maximum atomic E-state index is 12.4. The van der Waals surface area contributed by atoms with E-state index in [1.165, 1.54) is 24.3 Å². The quantitative estimate of drug-likeness (QED) is 0.574. The molecule has 0 aromatic heterocycles. The predicted molar refractivity (Wildman–Crippen MR) is 101 cm³/mol. The van der Waals surface area contributed by atoms with Gasteiger partial charge in [-0.05, 0) is 45.0 Å². The van der Waals surface area contributed by atoms with Crippen LogP contribution in [0.15, 0.2) is 48.5 Å². The molecule has 2 amide bonds. The van der Waals surface area contributed by atoms with Crippen molar-refractivity contribution in [2.24, 2.45) is 0 Å². The summed E-state index contributed by atoms with van der Waals surface area (Å²) in [5.41, 5.74) is 0.659. The minimum atomic E-state index is -0.868. The lowest BCUT2D eigenvalue weighted by atomic mass is 10.1. The first kappa shape index (κ1) is 19.9. The summed E-state index contributed by atoms with van der Waals surface area (Å²) in [7, 11) is 0. The van der Waals surface area contributed by atoms with Crippen molar-refractivity contribution in [3.63, 3.8) is 0 Å². The molecule has 0 radical (unpaired) electrons. The van der Waals surface area contributed by atoms with Crippen LogP contribution in [0.1, 0.15) is 31.1 Å². The number of nitrogens with zero attached hydrogens (tertiary/aromatic N) is 1. The third kappa shape index (κ3) is 5.53. The van der Waals surface area contributed by atoms with Crippen LogP contribution in [-0.4, -0.2) is 28.9 Å². The number of ether oxygens (including phenoxy) is 1. The minimum absolute atomic E-state index is 0.0364. The van der Waals surface area contributed by atoms with Crippen LogP contribution in [0.3, 0.4) is 0 Å². The summed E-state index contributed by atoms with van der Waals surface area (Å²) < 4.78 is 5.51. The van der Waals surface area contributed by atoms with E-state index in [4.69, 9.17) is 4.74 Å². The van der Waals surface area contributed by atoms with Gasteiger partial charge in [0, 0.05) is 18.2 Å². The summed E-state index contributed by atoms with van der Waals surface area (Å²) in [5, 5.41) is 16.1. The maximum absolute atomic E-state index is 12.4. The van der Waals surface area contributed by atoms with Gasteiger partial charge in [-0.3, -0.25) is 19.7 Å². The number of benzene rings is 2. The first-order valence-electron chi connectivity index (χ1n) is 8.39. The summed E-state index contributed by atoms with van der Waals surface area (Å²) in [6, 6.07) is 12.1. The molecule has 2 aromatic carbocycles. The molecule has 0 spiro atoms. The van der Waals surface area contributed by atoms with E-state index in [9.17, 15) is 19.7 Å². The highest BCUT2D eigenvalue weighted by Crippen LogP contribution is 2.20. The fraction of sp³-hybridized carbons (Fsp3) is 0.263. The molecule has 0 aliphatic carbocycles. The Hall–Kier alpha value is -3.42. The number of non-ortho nitro benzene ring substituents is 1. The molecular formula is C19H21N3O5. The fourth-order valence-corrected chi connectivity index (χ4v) is 2.27. The molecule has 0 aliphatic rings. The Morgan fingerprint density at radius 3 is 2.26 bits per heavy atom. The number of hydrogen-bond donors (Lipinski definition) is 2. The molecule has 1 atom stereocenters. The number of anilines is 1. The number of carbonyl (C=O) groups is 2. The lowest BCUT2D eigenvalue weighted by molar-refractivity contribution is -0.384. The van der Waals surface area contributed by atoms with E-state index in [1.54, 1.807) is 31.2 Å². The second-order valence-electron chi connectivity index (χ2n) is 6.17. The smallest absolute Gasteiger partial charge is 0.269 e. The largest absolute Gasteiger partial charge is 0.481 e. The molecule has 2 rings (SSSR count). The van der Waals surface area contributed by atoms with Gasteiger partial charge in [-0.25, -0.2) is 0 Å². The monoisotopic (exact) mass is 371 g/mol. The standard InChI is InChI=1S/C19H21N3O5/c1-12(2)20-19(24)16-6-4-5-7-17(16)21-18(23)13(3)27-15-10-8-14(9-11-15)22(25)26/h4-13H,1-3H3,(H,20,24)(H,21,23)/t13-/m1/s1. The number of amides is 2. The maximum Gasteiger partial charge on any atom is 0.269 e. The van der Waals surface area contributed by atoms with Crippen molar-refractivity contribution in [1.29, 1.82) is 0 Å². The van der Waals surface area contributed by atoms with Gasteiger partial charge in [0.25, 0.3) is 17.5 Å². The Balaban J connectivity index is 2.06. The lowest BCUT2D eigenvalue weighted by Crippen LogP contribution is -2.33. The molecule has 27 heavy (non-hydrogen) atoms. The molecule has 0 heterocycles. The van der Waals surface area contributed by atoms with Crippen LogP contribution in [0.5, 0.6) is 5.75 Å².